The van der Waals surface area contributed by atoms with Crippen molar-refractivity contribution in [3.8, 4) is 0 Å². The van der Waals surface area contributed by atoms with Gasteiger partial charge >= 0.3 is 0 Å². The summed E-state index contributed by atoms with van der Waals surface area (Å²) in [7, 11) is 0. The van der Waals surface area contributed by atoms with Crippen LogP contribution in [0.5, 0.6) is 0 Å². The van der Waals surface area contributed by atoms with Crippen molar-refractivity contribution >= 4 is 10.9 Å². The highest BCUT2D eigenvalue weighted by atomic mass is 16.3. The van der Waals surface area contributed by atoms with Crippen molar-refractivity contribution in [3.63, 3.8) is 0 Å². The molecule has 0 fully saturated rings. The lowest BCUT2D eigenvalue weighted by Crippen LogP contribution is -2.28. The highest BCUT2D eigenvalue weighted by Crippen LogP contribution is 2.32. The van der Waals surface area contributed by atoms with Crippen LogP contribution >= 0.6 is 0 Å². The molecule has 2 aromatic rings. The third-order valence-corrected chi connectivity index (χ3v) is 3.30. The van der Waals surface area contributed by atoms with Gasteiger partial charge < -0.3 is 5.11 Å². The molecule has 2 nitrogen and oxygen atoms in total. The first-order chi connectivity index (χ1) is 7.53. The van der Waals surface area contributed by atoms with Crippen LogP contribution in [-0.2, 0) is 5.60 Å². The molecular weight excluding hydrogens is 198 g/mol. The third kappa shape index (κ3) is 1.69. The van der Waals surface area contributed by atoms with Crippen molar-refractivity contribution in [2.24, 2.45) is 5.92 Å². The van der Waals surface area contributed by atoms with Crippen LogP contribution in [0.15, 0.2) is 36.5 Å². The number of para-hydroxylation sites is 1. The Hall–Kier alpha value is -1.41. The van der Waals surface area contributed by atoms with Gasteiger partial charge in [-0.15, -0.1) is 0 Å². The molecule has 1 unspecified atom stereocenters. The van der Waals surface area contributed by atoms with E-state index >= 15 is 0 Å². The van der Waals surface area contributed by atoms with E-state index in [1.807, 2.05) is 51.1 Å². The maximum absolute atomic E-state index is 10.5. The number of fused-ring (bicyclic) bond motifs is 1. The predicted octanol–water partition coefficient (Wildman–Crippen LogP) is 3.10. The van der Waals surface area contributed by atoms with Gasteiger partial charge in [0.15, 0.2) is 0 Å². The van der Waals surface area contributed by atoms with E-state index in [2.05, 4.69) is 4.98 Å². The van der Waals surface area contributed by atoms with E-state index in [9.17, 15) is 5.11 Å². The molecule has 0 aliphatic heterocycles. The number of pyridine rings is 1. The van der Waals surface area contributed by atoms with E-state index in [4.69, 9.17) is 0 Å². The second-order valence-electron chi connectivity index (χ2n) is 4.68. The Balaban J connectivity index is 2.70. The van der Waals surface area contributed by atoms with Crippen molar-refractivity contribution in [2.45, 2.75) is 26.4 Å². The largest absolute Gasteiger partial charge is 0.385 e. The molecule has 0 saturated carbocycles. The van der Waals surface area contributed by atoms with Crippen molar-refractivity contribution in [1.29, 1.82) is 0 Å². The summed E-state index contributed by atoms with van der Waals surface area (Å²) in [5, 5.41) is 11.6. The van der Waals surface area contributed by atoms with Crippen molar-refractivity contribution in [3.05, 3.63) is 42.1 Å². The molecule has 1 aromatic carbocycles. The van der Waals surface area contributed by atoms with E-state index in [1.54, 1.807) is 6.20 Å². The average molecular weight is 215 g/mol. The molecular formula is C14H17NO. The first-order valence-corrected chi connectivity index (χ1v) is 5.60. The zero-order valence-electron chi connectivity index (χ0n) is 9.94. The fraction of sp³-hybridized carbons (Fsp3) is 0.357. The van der Waals surface area contributed by atoms with E-state index in [0.717, 1.165) is 16.5 Å². The molecule has 0 aliphatic rings. The maximum atomic E-state index is 10.5. The minimum absolute atomic E-state index is 0.153. The van der Waals surface area contributed by atoms with Crippen LogP contribution in [0.1, 0.15) is 26.3 Å². The van der Waals surface area contributed by atoms with Gasteiger partial charge in [-0.1, -0.05) is 38.1 Å². The minimum Gasteiger partial charge on any atom is -0.385 e. The first-order valence-electron chi connectivity index (χ1n) is 5.60. The van der Waals surface area contributed by atoms with Crippen molar-refractivity contribution in [2.75, 3.05) is 0 Å². The summed E-state index contributed by atoms with van der Waals surface area (Å²) < 4.78 is 0. The monoisotopic (exact) mass is 215 g/mol. The van der Waals surface area contributed by atoms with Crippen molar-refractivity contribution in [1.82, 2.24) is 4.98 Å². The SMILES string of the molecule is CC(C)C(C)(O)c1cccc2cccnc12. The Morgan fingerprint density at radius 3 is 2.56 bits per heavy atom. The molecule has 1 N–H and O–H groups in total. The molecule has 1 heterocycles. The van der Waals surface area contributed by atoms with Crippen LogP contribution in [0, 0.1) is 5.92 Å². The molecule has 0 spiro atoms. The molecule has 84 valence electrons. The molecule has 16 heavy (non-hydrogen) atoms. The van der Waals surface area contributed by atoms with E-state index in [0.29, 0.717) is 0 Å². The molecule has 0 aliphatic carbocycles. The summed E-state index contributed by atoms with van der Waals surface area (Å²) in [4.78, 5) is 4.37. The standard InChI is InChI=1S/C14H17NO/c1-10(2)14(3,16)12-8-4-6-11-7-5-9-15-13(11)12/h4-10,16H,1-3H3. The second-order valence-corrected chi connectivity index (χ2v) is 4.68. The fourth-order valence-corrected chi connectivity index (χ4v) is 1.82. The van der Waals surface area contributed by atoms with Crippen molar-refractivity contribution < 1.29 is 5.11 Å². The molecule has 0 bridgehead atoms. The van der Waals surface area contributed by atoms with E-state index in [-0.39, 0.29) is 5.92 Å². The normalized spacial score (nSPS) is 15.3. The quantitative estimate of drug-likeness (QED) is 0.835. The van der Waals surface area contributed by atoms with E-state index < -0.39 is 5.60 Å². The molecule has 1 aromatic heterocycles. The molecule has 0 amide bonds. The minimum atomic E-state index is -0.839. The number of nitrogens with zero attached hydrogens (tertiary/aromatic N) is 1. The lowest BCUT2D eigenvalue weighted by Gasteiger charge is -2.28. The summed E-state index contributed by atoms with van der Waals surface area (Å²) in [5.74, 6) is 0.153. The molecule has 2 rings (SSSR count). The molecule has 0 radical (unpaired) electrons. The first kappa shape index (κ1) is 11.1. The van der Waals surface area contributed by atoms with Crippen LogP contribution in [0.4, 0.5) is 0 Å². The van der Waals surface area contributed by atoms with Gasteiger partial charge in [-0.05, 0) is 18.9 Å². The smallest absolute Gasteiger partial charge is 0.0912 e. The van der Waals surface area contributed by atoms with Gasteiger partial charge in [0.1, 0.15) is 0 Å². The second kappa shape index (κ2) is 3.87. The summed E-state index contributed by atoms with van der Waals surface area (Å²) >= 11 is 0. The number of rotatable bonds is 2. The van der Waals surface area contributed by atoms with Gasteiger partial charge in [-0.2, -0.15) is 0 Å². The Morgan fingerprint density at radius 1 is 1.19 bits per heavy atom. The van der Waals surface area contributed by atoms with Crippen LogP contribution in [0.25, 0.3) is 10.9 Å². The zero-order chi connectivity index (χ0) is 11.8. The van der Waals surface area contributed by atoms with Gasteiger partial charge in [0.25, 0.3) is 0 Å². The van der Waals surface area contributed by atoms with E-state index in [1.165, 1.54) is 0 Å². The van der Waals surface area contributed by atoms with Crippen LogP contribution < -0.4 is 0 Å². The summed E-state index contributed by atoms with van der Waals surface area (Å²) in [5.41, 5.74) is 0.956. The number of benzene rings is 1. The molecule has 1 atom stereocenters. The maximum Gasteiger partial charge on any atom is 0.0912 e. The predicted molar refractivity (Wildman–Crippen MR) is 66.2 cm³/mol. The lowest BCUT2D eigenvalue weighted by molar-refractivity contribution is 0.0103. The summed E-state index contributed by atoms with van der Waals surface area (Å²) in [6, 6.07) is 9.87. The Labute approximate surface area is 96.0 Å². The third-order valence-electron chi connectivity index (χ3n) is 3.30. The Morgan fingerprint density at radius 2 is 1.88 bits per heavy atom. The van der Waals surface area contributed by atoms with Crippen LogP contribution in [0.2, 0.25) is 0 Å². The zero-order valence-corrected chi connectivity index (χ0v) is 9.94. The average Bonchev–Trinajstić information content (AvgIpc) is 2.28. The van der Waals surface area contributed by atoms with Gasteiger partial charge in [0.05, 0.1) is 11.1 Å². The molecule has 2 heteroatoms. The number of hydrogen-bond acceptors (Lipinski definition) is 2. The topological polar surface area (TPSA) is 33.1 Å². The number of hydrogen-bond donors (Lipinski definition) is 1. The van der Waals surface area contributed by atoms with Gasteiger partial charge in [-0.25, -0.2) is 0 Å². The van der Waals surface area contributed by atoms with Gasteiger partial charge in [0.2, 0.25) is 0 Å². The van der Waals surface area contributed by atoms with Gasteiger partial charge in [-0.3, -0.25) is 4.98 Å². The van der Waals surface area contributed by atoms with Gasteiger partial charge in [0, 0.05) is 17.1 Å². The van der Waals surface area contributed by atoms with Crippen LogP contribution in [0.3, 0.4) is 0 Å². The summed E-state index contributed by atoms with van der Waals surface area (Å²) in [6.07, 6.45) is 1.77. The Kier molecular flexibility index (Phi) is 2.68. The Bertz CT molecular complexity index is 498. The number of aromatic nitrogens is 1. The highest BCUT2D eigenvalue weighted by molar-refractivity contribution is 5.82. The van der Waals surface area contributed by atoms with Crippen LogP contribution in [-0.4, -0.2) is 10.1 Å². The highest BCUT2D eigenvalue weighted by Gasteiger charge is 2.29. The summed E-state index contributed by atoms with van der Waals surface area (Å²) in [6.45, 7) is 5.88. The molecule has 0 saturated heterocycles. The fourth-order valence-electron chi connectivity index (χ4n) is 1.82. The number of aliphatic hydroxyl groups is 1. The lowest BCUT2D eigenvalue weighted by atomic mass is 9.84.